The molecule has 47 heavy (non-hydrogen) atoms. The summed E-state index contributed by atoms with van der Waals surface area (Å²) in [6, 6.07) is 7.08. The van der Waals surface area contributed by atoms with Gasteiger partial charge in [-0.05, 0) is 44.2 Å². The molecule has 3 fully saturated rings. The number of halogens is 1. The fraction of sp³-hybridized carbons (Fsp3) is 0.611. The Kier molecular flexibility index (Phi) is 9.97. The van der Waals surface area contributed by atoms with Crippen LogP contribution in [-0.2, 0) is 28.7 Å². The Balaban J connectivity index is 1.47. The normalized spacial score (nSPS) is 35.2. The van der Waals surface area contributed by atoms with Gasteiger partial charge in [0.05, 0.1) is 24.6 Å². The molecule has 2 saturated heterocycles. The number of likely N-dealkylation sites (tertiary alicyclic amines) is 1. The molecule has 11 heteroatoms. The molecule has 4 aliphatic heterocycles. The van der Waals surface area contributed by atoms with Crippen LogP contribution < -0.4 is 0 Å². The molecular formula is C36H46BrN3O7. The zero-order chi connectivity index (χ0) is 33.5. The number of carbonyl (C=O) groups is 4. The molecule has 5 aliphatic rings. The van der Waals surface area contributed by atoms with E-state index in [0.717, 1.165) is 37.7 Å². The van der Waals surface area contributed by atoms with Gasteiger partial charge < -0.3 is 29.3 Å². The second kappa shape index (κ2) is 13.8. The molecule has 0 aromatic heterocycles. The number of fused-ring (bicyclic) bond motifs is 2. The zero-order valence-electron chi connectivity index (χ0n) is 27.4. The lowest BCUT2D eigenvalue weighted by atomic mass is 9.74. The van der Waals surface area contributed by atoms with Gasteiger partial charge in [0.15, 0.2) is 0 Å². The molecule has 3 amide bonds. The van der Waals surface area contributed by atoms with Crippen LogP contribution in [0, 0.1) is 11.8 Å². The van der Waals surface area contributed by atoms with Crippen LogP contribution in [-0.4, -0.2) is 99.6 Å². The van der Waals surface area contributed by atoms with Gasteiger partial charge >= 0.3 is 5.97 Å². The van der Waals surface area contributed by atoms with Crippen LogP contribution >= 0.6 is 15.9 Å². The van der Waals surface area contributed by atoms with E-state index in [-0.39, 0.29) is 36.8 Å². The summed E-state index contributed by atoms with van der Waals surface area (Å²) in [5.41, 5.74) is -0.684. The van der Waals surface area contributed by atoms with Crippen molar-refractivity contribution in [2.45, 2.75) is 107 Å². The van der Waals surface area contributed by atoms with E-state index in [0.29, 0.717) is 23.9 Å². The van der Waals surface area contributed by atoms with Crippen molar-refractivity contribution in [3.05, 3.63) is 58.6 Å². The van der Waals surface area contributed by atoms with E-state index in [1.54, 1.807) is 11.9 Å². The number of amides is 3. The van der Waals surface area contributed by atoms with Gasteiger partial charge in [0.2, 0.25) is 17.7 Å². The Morgan fingerprint density at radius 3 is 2.43 bits per heavy atom. The van der Waals surface area contributed by atoms with Crippen LogP contribution in [0.2, 0.25) is 0 Å². The molecule has 6 rings (SSSR count). The Morgan fingerprint density at radius 2 is 1.74 bits per heavy atom. The van der Waals surface area contributed by atoms with E-state index < -0.39 is 53.7 Å². The molecule has 8 atom stereocenters. The third-order valence-corrected chi connectivity index (χ3v) is 11.7. The van der Waals surface area contributed by atoms with Crippen LogP contribution in [0.1, 0.15) is 76.9 Å². The predicted octanol–water partition coefficient (Wildman–Crippen LogP) is 4.27. The average Bonchev–Trinajstić information content (AvgIpc) is 3.68. The maximum atomic E-state index is 15.0. The monoisotopic (exact) mass is 711 g/mol. The first-order valence-electron chi connectivity index (χ1n) is 17.1. The summed E-state index contributed by atoms with van der Waals surface area (Å²) in [5.74, 6) is -3.39. The number of allylic oxidation sites excluding steroid dienone is 1. The van der Waals surface area contributed by atoms with E-state index in [9.17, 15) is 24.3 Å². The van der Waals surface area contributed by atoms with E-state index in [2.05, 4.69) is 15.9 Å². The summed E-state index contributed by atoms with van der Waals surface area (Å²) in [6.45, 7) is 3.74. The first kappa shape index (κ1) is 33.9. The highest BCUT2D eigenvalue weighted by Crippen LogP contribution is 2.59. The smallest absolute Gasteiger partial charge is 0.313 e. The molecule has 1 aliphatic carbocycles. The Hall–Kier alpha value is -3.02. The van der Waals surface area contributed by atoms with Gasteiger partial charge in [-0.25, -0.2) is 0 Å². The van der Waals surface area contributed by atoms with E-state index in [4.69, 9.17) is 9.47 Å². The lowest BCUT2D eigenvalue weighted by Gasteiger charge is -2.41. The first-order chi connectivity index (χ1) is 22.6. The molecule has 0 unspecified atom stereocenters. The topological polar surface area (TPSA) is 117 Å². The van der Waals surface area contributed by atoms with Crippen molar-refractivity contribution in [3.63, 3.8) is 0 Å². The SMILES string of the molecule is CC[C@@H](CO)N1C(=O)[C@H]2[C@@H]3C(=O)O[C@H](c4ccccc4)[C@@H](C)N(C)C(=O)CC/C=C\CN(C4CCCCC4)C(=O)[C@H]1[C@@]21C=C(Br)[C@@H]3O1. The third-order valence-electron chi connectivity index (χ3n) is 11.1. The lowest BCUT2D eigenvalue weighted by Crippen LogP contribution is -2.60. The highest BCUT2D eigenvalue weighted by atomic mass is 79.9. The molecule has 1 aromatic carbocycles. The van der Waals surface area contributed by atoms with Crippen molar-refractivity contribution in [1.82, 2.24) is 14.7 Å². The summed E-state index contributed by atoms with van der Waals surface area (Å²) in [6.07, 6.45) is 10.1. The van der Waals surface area contributed by atoms with E-state index in [1.165, 1.54) is 4.90 Å². The number of nitrogens with zero attached hydrogens (tertiary/aromatic N) is 3. The standard InChI is InChI=1S/C36H46BrN3O7/c1-4-24(21-41)40-32-34(44)39(25-16-10-6-11-17-25)19-13-7-12-18-27(42)38(3)22(2)30(23-14-8-5-9-15-23)46-35(45)28-29(33(40)43)36(32)20-26(37)31(28)47-36/h5,7-9,13-15,20,22,24-25,28-32,41H,4,6,10-12,16-19,21H2,1-3H3/b13-7-/t22-,24+,28+,29-,30+,31+,32+,36-/m1/s1. The molecule has 1 saturated carbocycles. The van der Waals surface area contributed by atoms with Crippen LogP contribution in [0.15, 0.2) is 53.0 Å². The number of cyclic esters (lactones) is 1. The number of aliphatic hydroxyl groups is 1. The van der Waals surface area contributed by atoms with Gasteiger partial charge in [-0.15, -0.1) is 0 Å². The van der Waals surface area contributed by atoms with Gasteiger partial charge in [0.1, 0.15) is 29.8 Å². The van der Waals surface area contributed by atoms with Gasteiger partial charge in [0.25, 0.3) is 0 Å². The van der Waals surface area contributed by atoms with E-state index >= 15 is 0 Å². The minimum absolute atomic E-state index is 0.0170. The minimum atomic E-state index is -1.41. The number of rotatable bonds is 5. The fourth-order valence-corrected chi connectivity index (χ4v) is 9.13. The molecule has 1 N–H and O–H groups in total. The Labute approximate surface area is 285 Å². The van der Waals surface area contributed by atoms with Crippen molar-refractivity contribution in [3.8, 4) is 0 Å². The van der Waals surface area contributed by atoms with Crippen molar-refractivity contribution in [1.29, 1.82) is 0 Å². The first-order valence-corrected chi connectivity index (χ1v) is 17.9. The van der Waals surface area contributed by atoms with Crippen molar-refractivity contribution in [2.24, 2.45) is 11.8 Å². The summed E-state index contributed by atoms with van der Waals surface area (Å²) in [7, 11) is 1.72. The van der Waals surface area contributed by atoms with Gasteiger partial charge in [-0.1, -0.05) is 84.6 Å². The van der Waals surface area contributed by atoms with Gasteiger partial charge in [-0.3, -0.25) is 19.2 Å². The van der Waals surface area contributed by atoms with E-state index in [1.807, 2.05) is 67.3 Å². The summed E-state index contributed by atoms with van der Waals surface area (Å²) >= 11 is 3.63. The van der Waals surface area contributed by atoms with Crippen molar-refractivity contribution < 1.29 is 33.8 Å². The fourth-order valence-electron chi connectivity index (χ4n) is 8.39. The third kappa shape index (κ3) is 5.86. The lowest BCUT2D eigenvalue weighted by molar-refractivity contribution is -0.164. The quantitative estimate of drug-likeness (QED) is 0.358. The molecular weight excluding hydrogens is 666 g/mol. The van der Waals surface area contributed by atoms with Crippen LogP contribution in [0.5, 0.6) is 0 Å². The molecule has 0 radical (unpaired) electrons. The maximum Gasteiger partial charge on any atom is 0.313 e. The second-order valence-electron chi connectivity index (χ2n) is 13.6. The minimum Gasteiger partial charge on any atom is -0.455 e. The molecule has 254 valence electrons. The van der Waals surface area contributed by atoms with Crippen LogP contribution in [0.4, 0.5) is 0 Å². The molecule has 10 nitrogen and oxygen atoms in total. The largest absolute Gasteiger partial charge is 0.455 e. The number of benzene rings is 1. The van der Waals surface area contributed by atoms with Gasteiger partial charge in [-0.2, -0.15) is 0 Å². The summed E-state index contributed by atoms with van der Waals surface area (Å²) in [5, 5.41) is 10.5. The average molecular weight is 713 g/mol. The molecule has 1 spiro atoms. The number of hydrogen-bond acceptors (Lipinski definition) is 7. The van der Waals surface area contributed by atoms with Gasteiger partial charge in [0, 0.05) is 30.5 Å². The van der Waals surface area contributed by atoms with Crippen molar-refractivity contribution >= 4 is 39.6 Å². The Morgan fingerprint density at radius 1 is 1.02 bits per heavy atom. The molecule has 1 aromatic rings. The highest BCUT2D eigenvalue weighted by Gasteiger charge is 2.75. The number of aliphatic hydroxyl groups excluding tert-OH is 1. The number of likely N-dealkylation sites (N-methyl/N-ethyl adjacent to an activating group) is 1. The molecule has 5 bridgehead atoms. The predicted molar refractivity (Wildman–Crippen MR) is 178 cm³/mol. The maximum absolute atomic E-state index is 15.0. The van der Waals surface area contributed by atoms with Crippen LogP contribution in [0.25, 0.3) is 0 Å². The van der Waals surface area contributed by atoms with Crippen LogP contribution in [0.3, 0.4) is 0 Å². The second-order valence-corrected chi connectivity index (χ2v) is 14.5. The highest BCUT2D eigenvalue weighted by molar-refractivity contribution is 9.11. The number of ether oxygens (including phenoxy) is 2. The summed E-state index contributed by atoms with van der Waals surface area (Å²) in [4.78, 5) is 62.4. The molecule has 4 heterocycles. The summed E-state index contributed by atoms with van der Waals surface area (Å²) < 4.78 is 13.6. The Bertz CT molecular complexity index is 1420. The van der Waals surface area contributed by atoms with Crippen molar-refractivity contribution in [2.75, 3.05) is 20.2 Å². The zero-order valence-corrected chi connectivity index (χ0v) is 29.0. The number of hydrogen-bond donors (Lipinski definition) is 1. The number of esters is 1. The number of carbonyl (C=O) groups excluding carboxylic acids is 4.